The Balaban J connectivity index is 2.69. The normalized spacial score (nSPS) is 7.85. The van der Waals surface area contributed by atoms with E-state index in [4.69, 9.17) is 15.3 Å². The number of rotatable bonds is 2. The van der Waals surface area contributed by atoms with E-state index in [1.54, 1.807) is 24.3 Å². The number of para-hydroxylation sites is 1. The van der Waals surface area contributed by atoms with Gasteiger partial charge in [-0.05, 0) is 12.1 Å². The van der Waals surface area contributed by atoms with Crippen LogP contribution >= 0.6 is 0 Å². The SMILES string of the molecule is N#CC(C#N)=COc1ccccc1. The minimum absolute atomic E-state index is 0.0520. The average molecular weight is 170 g/mol. The van der Waals surface area contributed by atoms with E-state index < -0.39 is 0 Å². The van der Waals surface area contributed by atoms with Crippen LogP contribution in [-0.2, 0) is 0 Å². The molecule has 0 atom stereocenters. The summed E-state index contributed by atoms with van der Waals surface area (Å²) in [7, 11) is 0. The lowest BCUT2D eigenvalue weighted by molar-refractivity contribution is 0.479. The third-order valence-corrected chi connectivity index (χ3v) is 1.30. The minimum Gasteiger partial charge on any atom is -0.463 e. The summed E-state index contributed by atoms with van der Waals surface area (Å²) in [5, 5.41) is 16.8. The maximum atomic E-state index is 8.38. The zero-order valence-electron chi connectivity index (χ0n) is 6.77. The zero-order chi connectivity index (χ0) is 9.52. The van der Waals surface area contributed by atoms with Crippen LogP contribution in [0.5, 0.6) is 5.75 Å². The molecule has 0 aromatic heterocycles. The smallest absolute Gasteiger partial charge is 0.164 e. The molecule has 1 aromatic rings. The van der Waals surface area contributed by atoms with Crippen molar-refractivity contribution in [2.24, 2.45) is 0 Å². The maximum Gasteiger partial charge on any atom is 0.164 e. The number of benzene rings is 1. The molecule has 0 radical (unpaired) electrons. The first-order valence-electron chi connectivity index (χ1n) is 3.59. The summed E-state index contributed by atoms with van der Waals surface area (Å²) < 4.78 is 5.04. The second-order valence-corrected chi connectivity index (χ2v) is 2.19. The number of hydrogen-bond acceptors (Lipinski definition) is 3. The van der Waals surface area contributed by atoms with Gasteiger partial charge in [0.2, 0.25) is 0 Å². The maximum absolute atomic E-state index is 8.38. The molecule has 1 rings (SSSR count). The molecule has 3 heteroatoms. The Kier molecular flexibility index (Phi) is 3.11. The van der Waals surface area contributed by atoms with Crippen molar-refractivity contribution >= 4 is 0 Å². The van der Waals surface area contributed by atoms with E-state index in [0.29, 0.717) is 5.75 Å². The Morgan fingerprint density at radius 2 is 1.77 bits per heavy atom. The molecule has 0 unspecified atom stereocenters. The van der Waals surface area contributed by atoms with Gasteiger partial charge in [-0.3, -0.25) is 0 Å². The van der Waals surface area contributed by atoms with E-state index in [1.165, 1.54) is 0 Å². The van der Waals surface area contributed by atoms with Crippen molar-refractivity contribution in [2.75, 3.05) is 0 Å². The quantitative estimate of drug-likeness (QED) is 0.503. The first-order chi connectivity index (χ1) is 6.36. The third-order valence-electron chi connectivity index (χ3n) is 1.30. The largest absolute Gasteiger partial charge is 0.463 e. The highest BCUT2D eigenvalue weighted by Crippen LogP contribution is 2.09. The summed E-state index contributed by atoms with van der Waals surface area (Å²) >= 11 is 0. The lowest BCUT2D eigenvalue weighted by Crippen LogP contribution is -1.83. The number of ether oxygens (including phenoxy) is 1. The van der Waals surface area contributed by atoms with Gasteiger partial charge < -0.3 is 4.74 Å². The molecule has 0 aliphatic rings. The van der Waals surface area contributed by atoms with Crippen molar-refractivity contribution in [3.05, 3.63) is 42.2 Å². The highest BCUT2D eigenvalue weighted by atomic mass is 16.5. The molecule has 0 fully saturated rings. The monoisotopic (exact) mass is 170 g/mol. The molecule has 13 heavy (non-hydrogen) atoms. The summed E-state index contributed by atoms with van der Waals surface area (Å²) in [5.74, 6) is 0.602. The molecule has 0 N–H and O–H groups in total. The molecule has 0 heterocycles. The van der Waals surface area contributed by atoms with Crippen LogP contribution in [0.4, 0.5) is 0 Å². The van der Waals surface area contributed by atoms with Gasteiger partial charge in [-0.25, -0.2) is 0 Å². The number of allylic oxidation sites excluding steroid dienone is 1. The zero-order valence-corrected chi connectivity index (χ0v) is 6.77. The van der Waals surface area contributed by atoms with Crippen LogP contribution < -0.4 is 4.74 Å². The second kappa shape index (κ2) is 4.58. The lowest BCUT2D eigenvalue weighted by atomic mass is 10.3. The van der Waals surface area contributed by atoms with Crippen molar-refractivity contribution in [3.63, 3.8) is 0 Å². The van der Waals surface area contributed by atoms with Gasteiger partial charge in [-0.1, -0.05) is 18.2 Å². The van der Waals surface area contributed by atoms with E-state index >= 15 is 0 Å². The molecule has 0 aliphatic heterocycles. The van der Waals surface area contributed by atoms with E-state index in [2.05, 4.69) is 0 Å². The Labute approximate surface area is 76.1 Å². The first kappa shape index (κ1) is 8.83. The van der Waals surface area contributed by atoms with Gasteiger partial charge in [-0.2, -0.15) is 10.5 Å². The molecular weight excluding hydrogens is 164 g/mol. The Hall–Kier alpha value is -2.26. The van der Waals surface area contributed by atoms with Gasteiger partial charge >= 0.3 is 0 Å². The fraction of sp³-hybridized carbons (Fsp3) is 0. The molecule has 0 aliphatic carbocycles. The van der Waals surface area contributed by atoms with Gasteiger partial charge in [0.1, 0.15) is 24.2 Å². The molecular formula is C10H6N2O. The van der Waals surface area contributed by atoms with Crippen molar-refractivity contribution in [1.82, 2.24) is 0 Å². The molecule has 62 valence electrons. The molecule has 0 saturated carbocycles. The van der Waals surface area contributed by atoms with Gasteiger partial charge in [-0.15, -0.1) is 0 Å². The van der Waals surface area contributed by atoms with Crippen LogP contribution in [0.1, 0.15) is 0 Å². The summed E-state index contributed by atoms with van der Waals surface area (Å²) in [6.07, 6.45) is 1.13. The van der Waals surface area contributed by atoms with Crippen LogP contribution in [-0.4, -0.2) is 0 Å². The predicted octanol–water partition coefficient (Wildman–Crippen LogP) is 2.00. The Bertz CT molecular complexity index is 366. The lowest BCUT2D eigenvalue weighted by Gasteiger charge is -1.96. The summed E-state index contributed by atoms with van der Waals surface area (Å²) in [6, 6.07) is 12.3. The van der Waals surface area contributed by atoms with Gasteiger partial charge in [0, 0.05) is 0 Å². The molecule has 3 nitrogen and oxygen atoms in total. The standard InChI is InChI=1S/C10H6N2O/c11-6-9(7-12)8-13-10-4-2-1-3-5-10/h1-5,8H. The highest BCUT2D eigenvalue weighted by molar-refractivity contribution is 5.34. The summed E-state index contributed by atoms with van der Waals surface area (Å²) in [5.41, 5.74) is -0.0520. The van der Waals surface area contributed by atoms with Crippen molar-refractivity contribution in [2.45, 2.75) is 0 Å². The van der Waals surface area contributed by atoms with Crippen LogP contribution in [0.2, 0.25) is 0 Å². The fourth-order valence-corrected chi connectivity index (χ4v) is 0.704. The highest BCUT2D eigenvalue weighted by Gasteiger charge is 1.92. The summed E-state index contributed by atoms with van der Waals surface area (Å²) in [6.45, 7) is 0. The molecule has 0 spiro atoms. The van der Waals surface area contributed by atoms with Gasteiger partial charge in [0.05, 0.1) is 0 Å². The van der Waals surface area contributed by atoms with E-state index in [9.17, 15) is 0 Å². The summed E-state index contributed by atoms with van der Waals surface area (Å²) in [4.78, 5) is 0. The minimum atomic E-state index is -0.0520. The molecule has 0 bridgehead atoms. The Morgan fingerprint density at radius 3 is 2.31 bits per heavy atom. The second-order valence-electron chi connectivity index (χ2n) is 2.19. The fourth-order valence-electron chi connectivity index (χ4n) is 0.704. The van der Waals surface area contributed by atoms with E-state index in [0.717, 1.165) is 6.26 Å². The van der Waals surface area contributed by atoms with Crippen molar-refractivity contribution < 1.29 is 4.74 Å². The van der Waals surface area contributed by atoms with Gasteiger partial charge in [0.15, 0.2) is 5.57 Å². The Morgan fingerprint density at radius 1 is 1.15 bits per heavy atom. The number of nitrogens with zero attached hydrogens (tertiary/aromatic N) is 2. The number of nitriles is 2. The third kappa shape index (κ3) is 2.69. The van der Waals surface area contributed by atoms with Crippen LogP contribution in [0.15, 0.2) is 42.2 Å². The molecule has 0 saturated heterocycles. The van der Waals surface area contributed by atoms with E-state index in [-0.39, 0.29) is 5.57 Å². The van der Waals surface area contributed by atoms with Crippen LogP contribution in [0.25, 0.3) is 0 Å². The topological polar surface area (TPSA) is 56.8 Å². The predicted molar refractivity (Wildman–Crippen MR) is 46.4 cm³/mol. The average Bonchev–Trinajstić information content (AvgIpc) is 2.21. The molecule has 0 amide bonds. The number of hydrogen-bond donors (Lipinski definition) is 0. The van der Waals surface area contributed by atoms with E-state index in [1.807, 2.05) is 18.2 Å². The van der Waals surface area contributed by atoms with Crippen LogP contribution in [0.3, 0.4) is 0 Å². The molecule has 1 aromatic carbocycles. The van der Waals surface area contributed by atoms with Gasteiger partial charge in [0.25, 0.3) is 0 Å². The van der Waals surface area contributed by atoms with Crippen LogP contribution in [0, 0.1) is 22.7 Å². The van der Waals surface area contributed by atoms with Crippen molar-refractivity contribution in [1.29, 1.82) is 10.5 Å². The first-order valence-corrected chi connectivity index (χ1v) is 3.59. The van der Waals surface area contributed by atoms with Crippen molar-refractivity contribution in [3.8, 4) is 17.9 Å².